The minimum atomic E-state index is -0.555. The lowest BCUT2D eigenvalue weighted by atomic mass is 9.91. The van der Waals surface area contributed by atoms with Crippen LogP contribution in [0.25, 0.3) is 12.2 Å². The fourth-order valence-corrected chi connectivity index (χ4v) is 4.36. The van der Waals surface area contributed by atoms with E-state index in [4.69, 9.17) is 0 Å². The number of aromatic nitrogens is 1. The largest absolute Gasteiger partial charge is 0.352 e. The lowest BCUT2D eigenvalue weighted by molar-refractivity contribution is -0.122. The highest BCUT2D eigenvalue weighted by molar-refractivity contribution is 7.11. The Hall–Kier alpha value is -1.99. The van der Waals surface area contributed by atoms with E-state index in [1.165, 1.54) is 33.3 Å². The minimum absolute atomic E-state index is 0.0487. The van der Waals surface area contributed by atoms with Gasteiger partial charge >= 0.3 is 0 Å². The Balaban J connectivity index is 2.48. The number of carbonyl (C=O) groups is 2. The monoisotopic (exact) mass is 420 g/mol. The number of amides is 1. The van der Waals surface area contributed by atoms with E-state index in [-0.39, 0.29) is 29.8 Å². The summed E-state index contributed by atoms with van der Waals surface area (Å²) in [5.41, 5.74) is -0.801. The quantitative estimate of drug-likeness (QED) is 0.748. The third-order valence-corrected chi connectivity index (χ3v) is 6.06. The number of rotatable bonds is 7. The van der Waals surface area contributed by atoms with Crippen LogP contribution in [0.4, 0.5) is 0 Å². The average Bonchev–Trinajstić information content (AvgIpc) is 3.18. The molecule has 2 aromatic heterocycles. The molecule has 0 saturated heterocycles. The Morgan fingerprint density at radius 1 is 1.32 bits per heavy atom. The van der Waals surface area contributed by atoms with Crippen LogP contribution in [0.15, 0.2) is 22.3 Å². The zero-order valence-electron chi connectivity index (χ0n) is 17.1. The number of nitrogens with zero attached hydrogens (tertiary/aromatic N) is 1. The minimum Gasteiger partial charge on any atom is -0.352 e. The first-order chi connectivity index (χ1) is 13.1. The molecule has 0 bridgehead atoms. The molecule has 7 heteroatoms. The van der Waals surface area contributed by atoms with Gasteiger partial charge in [-0.15, -0.1) is 22.7 Å². The highest BCUT2D eigenvalue weighted by Gasteiger charge is 2.20. The summed E-state index contributed by atoms with van der Waals surface area (Å²) in [7, 11) is 0. The highest BCUT2D eigenvalue weighted by Crippen LogP contribution is 2.15. The molecule has 0 fully saturated rings. The van der Waals surface area contributed by atoms with Gasteiger partial charge in [0.05, 0.1) is 4.53 Å². The van der Waals surface area contributed by atoms with E-state index in [0.29, 0.717) is 9.20 Å². The Morgan fingerprint density at radius 2 is 2.04 bits per heavy atom. The van der Waals surface area contributed by atoms with Crippen molar-refractivity contribution in [3.8, 4) is 0 Å². The van der Waals surface area contributed by atoms with E-state index in [9.17, 15) is 14.4 Å². The summed E-state index contributed by atoms with van der Waals surface area (Å²) in [5.74, 6) is -0.300. The van der Waals surface area contributed by atoms with Crippen molar-refractivity contribution in [3.05, 3.63) is 41.9 Å². The molecule has 0 saturated carbocycles. The van der Waals surface area contributed by atoms with Gasteiger partial charge in [0, 0.05) is 22.4 Å². The Labute approximate surface area is 173 Å². The fraction of sp³-hybridized carbons (Fsp3) is 0.476. The summed E-state index contributed by atoms with van der Waals surface area (Å²) in [6.45, 7) is 9.41. The third kappa shape index (κ3) is 6.01. The number of thiazole rings is 1. The molecule has 0 aliphatic rings. The van der Waals surface area contributed by atoms with Gasteiger partial charge < -0.3 is 5.32 Å². The van der Waals surface area contributed by atoms with Crippen molar-refractivity contribution < 1.29 is 9.59 Å². The van der Waals surface area contributed by atoms with Crippen LogP contribution in [-0.4, -0.2) is 22.3 Å². The van der Waals surface area contributed by atoms with Crippen LogP contribution in [0.5, 0.6) is 0 Å². The van der Waals surface area contributed by atoms with Gasteiger partial charge in [0.25, 0.3) is 5.56 Å². The van der Waals surface area contributed by atoms with E-state index < -0.39 is 5.41 Å². The predicted octanol–water partition coefficient (Wildman–Crippen LogP) is 2.50. The number of hydrogen-bond acceptors (Lipinski definition) is 5. The van der Waals surface area contributed by atoms with Crippen molar-refractivity contribution in [3.63, 3.8) is 0 Å². The number of thiophene rings is 1. The van der Waals surface area contributed by atoms with Gasteiger partial charge in [-0.25, -0.2) is 0 Å². The maximum atomic E-state index is 12.9. The Kier molecular flexibility index (Phi) is 7.55. The summed E-state index contributed by atoms with van der Waals surface area (Å²) in [6, 6.07) is 3.89. The molecule has 2 heterocycles. The van der Waals surface area contributed by atoms with Gasteiger partial charge in [-0.3, -0.25) is 19.0 Å². The van der Waals surface area contributed by atoms with Crippen LogP contribution in [0.3, 0.4) is 0 Å². The molecule has 0 radical (unpaired) electrons. The van der Waals surface area contributed by atoms with E-state index in [1.54, 1.807) is 0 Å². The van der Waals surface area contributed by atoms with Crippen LogP contribution in [0.1, 0.15) is 52.3 Å². The second kappa shape index (κ2) is 9.47. The van der Waals surface area contributed by atoms with E-state index >= 15 is 0 Å². The van der Waals surface area contributed by atoms with Crippen LogP contribution in [0.2, 0.25) is 0 Å². The maximum Gasteiger partial charge on any atom is 0.269 e. The zero-order chi connectivity index (χ0) is 20.9. The molecule has 1 amide bonds. The average molecular weight is 421 g/mol. The maximum absolute atomic E-state index is 12.9. The van der Waals surface area contributed by atoms with Gasteiger partial charge in [0.1, 0.15) is 11.2 Å². The standard InChI is InChI=1S/C21H28N2O3S2/c1-6-8-14(2)22-18(25)13-23-19(12-17(24)21(3,4)5)28-16(20(23)26)11-15-9-7-10-27-15/h7,9-12,14H,6,8,13H2,1-5H3,(H,22,25)/b16-11+,19-12-/t14-/m1/s1. The van der Waals surface area contributed by atoms with Crippen LogP contribution < -0.4 is 20.1 Å². The molecule has 1 atom stereocenters. The number of nitrogens with one attached hydrogen (secondary N) is 1. The second-order valence-corrected chi connectivity index (χ2v) is 9.91. The van der Waals surface area contributed by atoms with E-state index in [0.717, 1.165) is 17.7 Å². The molecule has 28 heavy (non-hydrogen) atoms. The molecule has 5 nitrogen and oxygen atoms in total. The Morgan fingerprint density at radius 3 is 2.61 bits per heavy atom. The molecule has 152 valence electrons. The first kappa shape index (κ1) is 22.3. The van der Waals surface area contributed by atoms with Gasteiger partial charge in [0.2, 0.25) is 5.91 Å². The molecular weight excluding hydrogens is 392 g/mol. The van der Waals surface area contributed by atoms with Crippen LogP contribution in [0, 0.1) is 5.41 Å². The first-order valence-electron chi connectivity index (χ1n) is 9.42. The van der Waals surface area contributed by atoms with Gasteiger partial charge in [-0.05, 0) is 30.9 Å². The van der Waals surface area contributed by atoms with Crippen LogP contribution >= 0.6 is 22.7 Å². The summed E-state index contributed by atoms with van der Waals surface area (Å²) in [5, 5.41) is 4.86. The summed E-state index contributed by atoms with van der Waals surface area (Å²) in [6.07, 6.45) is 5.15. The number of hydrogen-bond donors (Lipinski definition) is 1. The van der Waals surface area contributed by atoms with Gasteiger partial charge in [0.15, 0.2) is 5.78 Å². The third-order valence-electron chi connectivity index (χ3n) is 4.18. The van der Waals surface area contributed by atoms with Crippen molar-refractivity contribution in [2.24, 2.45) is 5.41 Å². The molecule has 0 unspecified atom stereocenters. The molecule has 0 spiro atoms. The number of ketones is 1. The van der Waals surface area contributed by atoms with E-state index in [1.807, 2.05) is 51.3 Å². The van der Waals surface area contributed by atoms with Crippen molar-refractivity contribution in [2.45, 2.75) is 60.0 Å². The lowest BCUT2D eigenvalue weighted by Gasteiger charge is -2.14. The normalized spacial score (nSPS) is 14.3. The predicted molar refractivity (Wildman–Crippen MR) is 117 cm³/mol. The van der Waals surface area contributed by atoms with E-state index in [2.05, 4.69) is 12.2 Å². The SMILES string of the molecule is CCC[C@@H](C)NC(=O)Cn1c(=O)/c(=C\c2cccs2)s/c1=C\C(=O)C(C)(C)C. The summed E-state index contributed by atoms with van der Waals surface area (Å²) in [4.78, 5) is 38.8. The topological polar surface area (TPSA) is 68.2 Å². The van der Waals surface area contributed by atoms with Crippen molar-refractivity contribution in [1.29, 1.82) is 0 Å². The first-order valence-corrected chi connectivity index (χ1v) is 11.1. The molecule has 1 N–H and O–H groups in total. The molecule has 0 aliphatic carbocycles. The number of Topliss-reactive ketones (excluding diaryl/α,β-unsaturated/α-hetero) is 1. The van der Waals surface area contributed by atoms with Crippen molar-refractivity contribution in [2.75, 3.05) is 0 Å². The highest BCUT2D eigenvalue weighted by atomic mass is 32.1. The Bertz CT molecular complexity index is 992. The molecular formula is C21H28N2O3S2. The zero-order valence-corrected chi connectivity index (χ0v) is 18.7. The van der Waals surface area contributed by atoms with Gasteiger partial charge in [-0.2, -0.15) is 0 Å². The molecule has 2 aromatic rings. The molecule has 2 rings (SSSR count). The van der Waals surface area contributed by atoms with Crippen molar-refractivity contribution in [1.82, 2.24) is 9.88 Å². The number of carbonyl (C=O) groups excluding carboxylic acids is 2. The lowest BCUT2D eigenvalue weighted by Crippen LogP contribution is -2.41. The smallest absolute Gasteiger partial charge is 0.269 e. The second-order valence-electron chi connectivity index (χ2n) is 7.87. The van der Waals surface area contributed by atoms with Gasteiger partial charge in [-0.1, -0.05) is 40.2 Å². The molecule has 0 aliphatic heterocycles. The fourth-order valence-electron chi connectivity index (χ4n) is 2.59. The van der Waals surface area contributed by atoms with Crippen LogP contribution in [-0.2, 0) is 16.1 Å². The molecule has 0 aromatic carbocycles. The van der Waals surface area contributed by atoms with Crippen molar-refractivity contribution >= 4 is 46.5 Å². The summed E-state index contributed by atoms with van der Waals surface area (Å²) < 4.78 is 2.43. The summed E-state index contributed by atoms with van der Waals surface area (Å²) >= 11 is 2.78.